The minimum atomic E-state index is -0.569. The van der Waals surface area contributed by atoms with Gasteiger partial charge in [-0.1, -0.05) is 12.1 Å². The number of carbonyl (C=O) groups excluding carboxylic acids is 1. The fourth-order valence-electron chi connectivity index (χ4n) is 2.95. The second-order valence-electron chi connectivity index (χ2n) is 5.46. The third-order valence-corrected chi connectivity index (χ3v) is 4.06. The Balaban J connectivity index is 1.91. The van der Waals surface area contributed by atoms with Gasteiger partial charge in [0.25, 0.3) is 5.91 Å². The van der Waals surface area contributed by atoms with Crippen LogP contribution in [0.5, 0.6) is 5.75 Å². The number of nitrogens with one attached hydrogen (secondary N) is 1. The number of amides is 1. The van der Waals surface area contributed by atoms with Gasteiger partial charge in [-0.2, -0.15) is 0 Å². The van der Waals surface area contributed by atoms with Gasteiger partial charge in [-0.3, -0.25) is 4.79 Å². The molecule has 0 radical (unpaired) electrons. The first-order valence-electron chi connectivity index (χ1n) is 7.30. The topological polar surface area (TPSA) is 61.8 Å². The fourth-order valence-corrected chi connectivity index (χ4v) is 2.95. The average molecular weight is 288 g/mol. The second-order valence-corrected chi connectivity index (χ2v) is 5.46. The monoisotopic (exact) mass is 288 g/mol. The maximum Gasteiger partial charge on any atom is 0.265 e. The van der Waals surface area contributed by atoms with Crippen LogP contribution in [0.3, 0.4) is 0 Å². The fraction of sp³-hybridized carbons (Fsp3) is 0.438. The summed E-state index contributed by atoms with van der Waals surface area (Å²) in [7, 11) is 0. The predicted octanol–water partition coefficient (Wildman–Crippen LogP) is 1.38. The van der Waals surface area contributed by atoms with Crippen LogP contribution < -0.4 is 15.0 Å². The highest BCUT2D eigenvalue weighted by Gasteiger charge is 2.28. The van der Waals surface area contributed by atoms with Crippen LogP contribution in [0.1, 0.15) is 24.5 Å². The summed E-state index contributed by atoms with van der Waals surface area (Å²) < 4.78 is 5.45. The number of hydrogen-bond acceptors (Lipinski definition) is 4. The van der Waals surface area contributed by atoms with Crippen molar-refractivity contribution in [1.29, 1.82) is 0 Å². The number of benzene rings is 1. The molecule has 2 aliphatic rings. The number of aliphatic hydroxyl groups excluding tert-OH is 1. The van der Waals surface area contributed by atoms with Crippen molar-refractivity contribution in [3.8, 4) is 5.75 Å². The average Bonchev–Trinajstić information content (AvgIpc) is 3.03. The Bertz CT molecular complexity index is 552. The quantitative estimate of drug-likeness (QED) is 0.822. The van der Waals surface area contributed by atoms with E-state index in [1.165, 1.54) is 0 Å². The van der Waals surface area contributed by atoms with Gasteiger partial charge in [-0.25, -0.2) is 0 Å². The zero-order valence-corrected chi connectivity index (χ0v) is 11.9. The summed E-state index contributed by atoms with van der Waals surface area (Å²) in [6, 6.07) is 5.62. The van der Waals surface area contributed by atoms with Crippen molar-refractivity contribution in [3.63, 3.8) is 0 Å². The molecular formula is C16H20N2O3. The van der Waals surface area contributed by atoms with Crippen LogP contribution in [-0.4, -0.2) is 36.8 Å². The standard InChI is InChI=1S/C16H20N2O3/c1-2-8-18-13-9-11(16(20)12-4-3-7-17-12)5-6-14(13)21-10-15(18)19/h2,5-6,9,12,16-17,20H,1,3-4,7-8,10H2. The highest BCUT2D eigenvalue weighted by molar-refractivity contribution is 5.98. The lowest BCUT2D eigenvalue weighted by atomic mass is 9.99. The van der Waals surface area contributed by atoms with Crippen molar-refractivity contribution >= 4 is 11.6 Å². The number of carbonyl (C=O) groups is 1. The van der Waals surface area contributed by atoms with Crippen molar-refractivity contribution in [1.82, 2.24) is 5.32 Å². The van der Waals surface area contributed by atoms with Crippen LogP contribution in [0.2, 0.25) is 0 Å². The van der Waals surface area contributed by atoms with E-state index in [2.05, 4.69) is 11.9 Å². The molecule has 2 heterocycles. The molecule has 0 spiro atoms. The number of aliphatic hydroxyl groups is 1. The molecule has 2 aliphatic heterocycles. The zero-order valence-electron chi connectivity index (χ0n) is 11.9. The molecule has 2 atom stereocenters. The van der Waals surface area contributed by atoms with Crippen LogP contribution in [0, 0.1) is 0 Å². The van der Waals surface area contributed by atoms with Gasteiger partial charge < -0.3 is 20.1 Å². The summed E-state index contributed by atoms with van der Waals surface area (Å²) in [4.78, 5) is 13.6. The maximum absolute atomic E-state index is 12.0. The third kappa shape index (κ3) is 2.66. The van der Waals surface area contributed by atoms with E-state index in [0.29, 0.717) is 18.0 Å². The highest BCUT2D eigenvalue weighted by atomic mass is 16.5. The smallest absolute Gasteiger partial charge is 0.265 e. The lowest BCUT2D eigenvalue weighted by Crippen LogP contribution is -2.39. The molecule has 0 aliphatic carbocycles. The van der Waals surface area contributed by atoms with Crippen LogP contribution in [0.4, 0.5) is 5.69 Å². The van der Waals surface area contributed by atoms with E-state index in [-0.39, 0.29) is 18.6 Å². The van der Waals surface area contributed by atoms with Crippen molar-refractivity contribution < 1.29 is 14.6 Å². The molecule has 5 heteroatoms. The number of anilines is 1. The number of rotatable bonds is 4. The first-order chi connectivity index (χ1) is 10.2. The van der Waals surface area contributed by atoms with Gasteiger partial charge in [-0.15, -0.1) is 6.58 Å². The first kappa shape index (κ1) is 14.1. The summed E-state index contributed by atoms with van der Waals surface area (Å²) in [6.45, 7) is 5.12. The number of nitrogens with zero attached hydrogens (tertiary/aromatic N) is 1. The van der Waals surface area contributed by atoms with Gasteiger partial charge in [-0.05, 0) is 37.1 Å². The normalized spacial score (nSPS) is 22.6. The van der Waals surface area contributed by atoms with Crippen LogP contribution in [0.25, 0.3) is 0 Å². The Labute approximate surface area is 124 Å². The van der Waals surface area contributed by atoms with Crippen LogP contribution >= 0.6 is 0 Å². The van der Waals surface area contributed by atoms with Gasteiger partial charge in [0.2, 0.25) is 0 Å². The molecule has 1 saturated heterocycles. The summed E-state index contributed by atoms with van der Waals surface area (Å²) in [6.07, 6.45) is 3.16. The Morgan fingerprint density at radius 3 is 3.14 bits per heavy atom. The molecule has 21 heavy (non-hydrogen) atoms. The van der Waals surface area contributed by atoms with Crippen molar-refractivity contribution in [3.05, 3.63) is 36.4 Å². The summed E-state index contributed by atoms with van der Waals surface area (Å²) >= 11 is 0. The molecule has 112 valence electrons. The van der Waals surface area contributed by atoms with Crippen molar-refractivity contribution in [2.75, 3.05) is 24.6 Å². The van der Waals surface area contributed by atoms with Gasteiger partial charge in [0.15, 0.2) is 6.61 Å². The van der Waals surface area contributed by atoms with Crippen molar-refractivity contribution in [2.45, 2.75) is 25.0 Å². The molecule has 5 nitrogen and oxygen atoms in total. The molecule has 3 rings (SSSR count). The third-order valence-electron chi connectivity index (χ3n) is 4.06. The largest absolute Gasteiger partial charge is 0.482 e. The summed E-state index contributed by atoms with van der Waals surface area (Å²) in [5, 5.41) is 13.8. The molecule has 1 aromatic rings. The SMILES string of the molecule is C=CCN1C(=O)COc2ccc(C(O)C3CCCN3)cc21. The number of fused-ring (bicyclic) bond motifs is 1. The van der Waals surface area contributed by atoms with Gasteiger partial charge in [0.1, 0.15) is 5.75 Å². The lowest BCUT2D eigenvalue weighted by Gasteiger charge is -2.30. The summed E-state index contributed by atoms with van der Waals surface area (Å²) in [5.41, 5.74) is 1.52. The van der Waals surface area contributed by atoms with Gasteiger partial charge in [0, 0.05) is 12.6 Å². The highest BCUT2D eigenvalue weighted by Crippen LogP contribution is 2.35. The molecule has 1 fully saturated rings. The van der Waals surface area contributed by atoms with Crippen LogP contribution in [0.15, 0.2) is 30.9 Å². The second kappa shape index (κ2) is 5.87. The Kier molecular flexibility index (Phi) is 3.94. The minimum Gasteiger partial charge on any atom is -0.482 e. The van der Waals surface area contributed by atoms with E-state index in [1.54, 1.807) is 11.0 Å². The molecule has 2 N–H and O–H groups in total. The van der Waals surface area contributed by atoms with E-state index >= 15 is 0 Å². The molecule has 0 aromatic heterocycles. The maximum atomic E-state index is 12.0. The molecule has 1 aromatic carbocycles. The molecular weight excluding hydrogens is 268 g/mol. The predicted molar refractivity (Wildman–Crippen MR) is 80.5 cm³/mol. The Morgan fingerprint density at radius 2 is 2.43 bits per heavy atom. The van der Waals surface area contributed by atoms with E-state index in [0.717, 1.165) is 24.9 Å². The van der Waals surface area contributed by atoms with Crippen molar-refractivity contribution in [2.24, 2.45) is 0 Å². The lowest BCUT2D eigenvalue weighted by molar-refractivity contribution is -0.121. The minimum absolute atomic E-state index is 0.0485. The van der Waals surface area contributed by atoms with E-state index in [1.807, 2.05) is 18.2 Å². The van der Waals surface area contributed by atoms with Gasteiger partial charge >= 0.3 is 0 Å². The number of hydrogen-bond donors (Lipinski definition) is 2. The first-order valence-corrected chi connectivity index (χ1v) is 7.30. The van der Waals surface area contributed by atoms with Crippen LogP contribution in [-0.2, 0) is 4.79 Å². The molecule has 2 unspecified atom stereocenters. The Morgan fingerprint density at radius 1 is 1.57 bits per heavy atom. The Hall–Kier alpha value is -1.85. The number of ether oxygens (including phenoxy) is 1. The molecule has 0 saturated carbocycles. The molecule has 0 bridgehead atoms. The summed E-state index contributed by atoms with van der Waals surface area (Å²) in [5.74, 6) is 0.583. The van der Waals surface area contributed by atoms with Gasteiger partial charge in [0.05, 0.1) is 11.8 Å². The van der Waals surface area contributed by atoms with E-state index in [9.17, 15) is 9.90 Å². The molecule has 1 amide bonds. The van der Waals surface area contributed by atoms with E-state index < -0.39 is 6.10 Å². The zero-order chi connectivity index (χ0) is 14.8. The van der Waals surface area contributed by atoms with E-state index in [4.69, 9.17) is 4.74 Å².